The van der Waals surface area contributed by atoms with Crippen molar-refractivity contribution in [3.8, 4) is 11.3 Å². The van der Waals surface area contributed by atoms with Gasteiger partial charge in [-0.05, 0) is 66.6 Å². The van der Waals surface area contributed by atoms with Gasteiger partial charge in [0.15, 0.2) is 0 Å². The summed E-state index contributed by atoms with van der Waals surface area (Å²) in [7, 11) is -3.11. The Balaban J connectivity index is 1.54. The molecule has 0 spiro atoms. The van der Waals surface area contributed by atoms with Crippen molar-refractivity contribution in [2.45, 2.75) is 37.6 Å². The number of hydrogen-bond donors (Lipinski definition) is 2. The molecule has 0 radical (unpaired) electrons. The Bertz CT molecular complexity index is 1260. The third-order valence-corrected chi connectivity index (χ3v) is 6.86. The maximum Gasteiger partial charge on any atom is 0.220 e. The number of aromatic amines is 1. The van der Waals surface area contributed by atoms with Crippen molar-refractivity contribution in [2.24, 2.45) is 0 Å². The summed E-state index contributed by atoms with van der Waals surface area (Å²) in [6, 6.07) is 7.78. The zero-order valence-corrected chi connectivity index (χ0v) is 18.2. The number of carbonyl (C=O) groups is 1. The first-order valence-electron chi connectivity index (χ1n) is 10.3. The lowest BCUT2D eigenvalue weighted by Crippen LogP contribution is -2.43. The van der Waals surface area contributed by atoms with Crippen molar-refractivity contribution >= 4 is 26.6 Å². The zero-order valence-electron chi connectivity index (χ0n) is 17.4. The van der Waals surface area contributed by atoms with Crippen LogP contribution in [0.25, 0.3) is 22.2 Å². The van der Waals surface area contributed by atoms with E-state index in [1.165, 1.54) is 18.2 Å². The van der Waals surface area contributed by atoms with E-state index in [1.54, 1.807) is 12.1 Å². The van der Waals surface area contributed by atoms with Crippen LogP contribution in [0.15, 0.2) is 36.4 Å². The highest BCUT2D eigenvalue weighted by molar-refractivity contribution is 7.90. The van der Waals surface area contributed by atoms with Gasteiger partial charge in [0.05, 0.1) is 17.0 Å². The van der Waals surface area contributed by atoms with E-state index in [0.29, 0.717) is 29.5 Å². The number of H-pyrrole nitrogens is 1. The molecule has 5 nitrogen and oxygen atoms in total. The second-order valence-corrected chi connectivity index (χ2v) is 10.7. The number of rotatable bonds is 7. The smallest absolute Gasteiger partial charge is 0.220 e. The molecule has 1 amide bonds. The van der Waals surface area contributed by atoms with Crippen molar-refractivity contribution in [1.29, 1.82) is 0 Å². The number of amides is 1. The molecule has 2 aromatic carbocycles. The molecule has 2 N–H and O–H groups in total. The summed E-state index contributed by atoms with van der Waals surface area (Å²) in [5.41, 5.74) is 2.19. The van der Waals surface area contributed by atoms with Gasteiger partial charge < -0.3 is 10.3 Å². The van der Waals surface area contributed by atoms with Gasteiger partial charge in [0, 0.05) is 30.2 Å². The lowest BCUT2D eigenvalue weighted by atomic mass is 9.74. The summed E-state index contributed by atoms with van der Waals surface area (Å²) >= 11 is 0. The first-order chi connectivity index (χ1) is 15.1. The zero-order chi connectivity index (χ0) is 23.0. The fraction of sp³-hybridized carbons (Fsp3) is 0.348. The highest BCUT2D eigenvalue weighted by atomic mass is 32.2. The van der Waals surface area contributed by atoms with Crippen LogP contribution in [0.5, 0.6) is 0 Å². The Labute approximate surface area is 183 Å². The van der Waals surface area contributed by atoms with Crippen LogP contribution in [0.2, 0.25) is 0 Å². The van der Waals surface area contributed by atoms with E-state index in [9.17, 15) is 26.4 Å². The predicted molar refractivity (Wildman–Crippen MR) is 116 cm³/mol. The van der Waals surface area contributed by atoms with Gasteiger partial charge >= 0.3 is 0 Å². The number of benzene rings is 2. The van der Waals surface area contributed by atoms with Crippen LogP contribution in [0.3, 0.4) is 0 Å². The van der Waals surface area contributed by atoms with E-state index < -0.39 is 27.3 Å². The summed E-state index contributed by atoms with van der Waals surface area (Å²) in [6.07, 6.45) is 2.68. The average molecular weight is 465 g/mol. The molecule has 3 aromatic rings. The standard InChI is InChI=1S/C23H23F3N2O3S/c1-32(30,31)8-2-3-20(29)27-17-9-14(10-17)21-18-11-16(25)12-19(26)23(18)28-22(21)13-4-6-15(24)7-5-13/h4-7,11-12,14,17,28H,2-3,8-10H2,1H3,(H,27,29)/t14-,17+. The Morgan fingerprint density at radius 1 is 1.09 bits per heavy atom. The number of halogens is 3. The lowest BCUT2D eigenvalue weighted by molar-refractivity contribution is -0.122. The van der Waals surface area contributed by atoms with E-state index in [4.69, 9.17) is 0 Å². The summed E-state index contributed by atoms with van der Waals surface area (Å²) in [6.45, 7) is 0. The van der Waals surface area contributed by atoms with Gasteiger partial charge in [0.1, 0.15) is 27.3 Å². The van der Waals surface area contributed by atoms with Gasteiger partial charge in [-0.1, -0.05) is 0 Å². The molecule has 0 aliphatic heterocycles. The van der Waals surface area contributed by atoms with Crippen LogP contribution in [-0.2, 0) is 14.6 Å². The van der Waals surface area contributed by atoms with Gasteiger partial charge in [0.25, 0.3) is 0 Å². The van der Waals surface area contributed by atoms with E-state index >= 15 is 0 Å². The van der Waals surface area contributed by atoms with E-state index in [0.717, 1.165) is 17.9 Å². The number of hydrogen-bond acceptors (Lipinski definition) is 3. The highest BCUT2D eigenvalue weighted by Gasteiger charge is 2.35. The summed E-state index contributed by atoms with van der Waals surface area (Å²) in [5, 5.41) is 3.33. The normalized spacial score (nSPS) is 18.5. The lowest BCUT2D eigenvalue weighted by Gasteiger charge is -2.36. The van der Waals surface area contributed by atoms with E-state index in [2.05, 4.69) is 10.3 Å². The van der Waals surface area contributed by atoms with Crippen molar-refractivity contribution in [2.75, 3.05) is 12.0 Å². The molecule has 0 bridgehead atoms. The molecule has 1 heterocycles. The molecule has 1 fully saturated rings. The van der Waals surface area contributed by atoms with E-state index in [1.807, 2.05) is 0 Å². The molecule has 0 atom stereocenters. The van der Waals surface area contributed by atoms with Crippen LogP contribution in [0, 0.1) is 17.5 Å². The number of carbonyl (C=O) groups excluding carboxylic acids is 1. The van der Waals surface area contributed by atoms with Crippen molar-refractivity contribution < 1.29 is 26.4 Å². The summed E-state index contributed by atoms with van der Waals surface area (Å²) in [4.78, 5) is 15.1. The fourth-order valence-electron chi connectivity index (χ4n) is 4.27. The minimum atomic E-state index is -3.11. The third kappa shape index (κ3) is 4.82. The molecule has 9 heteroatoms. The van der Waals surface area contributed by atoms with Gasteiger partial charge in [-0.2, -0.15) is 0 Å². The maximum absolute atomic E-state index is 14.4. The molecule has 0 saturated heterocycles. The van der Waals surface area contributed by atoms with Crippen molar-refractivity contribution in [1.82, 2.24) is 10.3 Å². The van der Waals surface area contributed by atoms with Crippen LogP contribution in [0.1, 0.15) is 37.2 Å². The minimum absolute atomic E-state index is 0.0405. The number of sulfone groups is 1. The first kappa shape index (κ1) is 22.4. The number of aromatic nitrogens is 1. The Hall–Kier alpha value is -2.81. The molecule has 1 aliphatic carbocycles. The first-order valence-corrected chi connectivity index (χ1v) is 12.4. The Morgan fingerprint density at radius 2 is 1.78 bits per heavy atom. The second-order valence-electron chi connectivity index (χ2n) is 8.40. The molecule has 1 aromatic heterocycles. The third-order valence-electron chi connectivity index (χ3n) is 5.83. The van der Waals surface area contributed by atoms with Gasteiger partial charge in [-0.15, -0.1) is 0 Å². The Morgan fingerprint density at radius 3 is 2.44 bits per heavy atom. The fourth-order valence-corrected chi connectivity index (χ4v) is 4.94. The van der Waals surface area contributed by atoms with Crippen LogP contribution < -0.4 is 5.32 Å². The van der Waals surface area contributed by atoms with Crippen LogP contribution in [0.4, 0.5) is 13.2 Å². The summed E-state index contributed by atoms with van der Waals surface area (Å²) in [5.74, 6) is -2.09. The Kier molecular flexibility index (Phi) is 6.03. The quantitative estimate of drug-likeness (QED) is 0.543. The molecule has 0 unspecified atom stereocenters. The maximum atomic E-state index is 14.4. The molecule has 32 heavy (non-hydrogen) atoms. The SMILES string of the molecule is CS(=O)(=O)CCCC(=O)N[C@H]1C[C@@H](c2c(-c3ccc(F)cc3)[nH]c3c(F)cc(F)cc32)C1. The average Bonchev–Trinajstić information content (AvgIpc) is 3.03. The number of nitrogens with one attached hydrogen (secondary N) is 2. The molecular weight excluding hydrogens is 441 g/mol. The highest BCUT2D eigenvalue weighted by Crippen LogP contribution is 2.45. The van der Waals surface area contributed by atoms with Crippen molar-refractivity contribution in [3.05, 3.63) is 59.4 Å². The largest absolute Gasteiger partial charge is 0.353 e. The van der Waals surface area contributed by atoms with Crippen molar-refractivity contribution in [3.63, 3.8) is 0 Å². The van der Waals surface area contributed by atoms with Crippen LogP contribution in [-0.4, -0.2) is 37.4 Å². The monoisotopic (exact) mass is 464 g/mol. The van der Waals surface area contributed by atoms with Gasteiger partial charge in [0.2, 0.25) is 5.91 Å². The molecule has 1 saturated carbocycles. The molecule has 1 aliphatic rings. The molecular formula is C23H23F3N2O3S. The van der Waals surface area contributed by atoms with Gasteiger partial charge in [-0.25, -0.2) is 21.6 Å². The van der Waals surface area contributed by atoms with Gasteiger partial charge in [-0.3, -0.25) is 4.79 Å². The molecule has 170 valence electrons. The minimum Gasteiger partial charge on any atom is -0.353 e. The topological polar surface area (TPSA) is 79.0 Å². The molecule has 4 rings (SSSR count). The predicted octanol–water partition coefficient (Wildman–Crippen LogP) is 4.44. The number of fused-ring (bicyclic) bond motifs is 1. The van der Waals surface area contributed by atoms with Crippen LogP contribution >= 0.6 is 0 Å². The second kappa shape index (κ2) is 8.61. The van der Waals surface area contributed by atoms with E-state index in [-0.39, 0.29) is 42.0 Å². The summed E-state index contributed by atoms with van der Waals surface area (Å²) < 4.78 is 64.2.